The minimum Gasteiger partial charge on any atom is -0.357 e. The summed E-state index contributed by atoms with van der Waals surface area (Å²) < 4.78 is 13.6. The SMILES string of the molecule is CCNC(=NCc1ccc(C)c(F)c1)NCCCCN1CCN(C)CC1. The lowest BCUT2D eigenvalue weighted by Gasteiger charge is -2.32. The zero-order chi connectivity index (χ0) is 18.8. The van der Waals surface area contributed by atoms with Gasteiger partial charge in [0.05, 0.1) is 6.54 Å². The van der Waals surface area contributed by atoms with Gasteiger partial charge in [-0.2, -0.15) is 0 Å². The highest BCUT2D eigenvalue weighted by Gasteiger charge is 2.12. The first-order chi connectivity index (χ1) is 12.6. The Bertz CT molecular complexity index is 567. The van der Waals surface area contributed by atoms with E-state index < -0.39 is 0 Å². The van der Waals surface area contributed by atoms with Crippen LogP contribution < -0.4 is 10.6 Å². The summed E-state index contributed by atoms with van der Waals surface area (Å²) in [5, 5.41) is 6.63. The Labute approximate surface area is 157 Å². The summed E-state index contributed by atoms with van der Waals surface area (Å²) in [5.74, 6) is 0.632. The van der Waals surface area contributed by atoms with Crippen molar-refractivity contribution in [3.63, 3.8) is 0 Å². The normalized spacial score (nSPS) is 16.7. The number of hydrogen-bond acceptors (Lipinski definition) is 3. The number of aryl methyl sites for hydroxylation is 1. The summed E-state index contributed by atoms with van der Waals surface area (Å²) in [4.78, 5) is 9.50. The molecular formula is C20H34FN5. The van der Waals surface area contributed by atoms with Gasteiger partial charge in [-0.1, -0.05) is 12.1 Å². The van der Waals surface area contributed by atoms with Crippen LogP contribution in [0.1, 0.15) is 30.9 Å². The predicted octanol–water partition coefficient (Wildman–Crippen LogP) is 2.22. The third-order valence-corrected chi connectivity index (χ3v) is 4.79. The fraction of sp³-hybridized carbons (Fsp3) is 0.650. The van der Waals surface area contributed by atoms with Crippen LogP contribution in [-0.2, 0) is 6.54 Å². The molecule has 0 radical (unpaired) electrons. The van der Waals surface area contributed by atoms with Gasteiger partial charge >= 0.3 is 0 Å². The molecule has 0 aromatic heterocycles. The first kappa shape index (κ1) is 20.6. The molecule has 1 saturated heterocycles. The number of likely N-dealkylation sites (N-methyl/N-ethyl adjacent to an activating group) is 1. The number of benzene rings is 1. The number of guanidine groups is 1. The Morgan fingerprint density at radius 1 is 1.15 bits per heavy atom. The lowest BCUT2D eigenvalue weighted by atomic mass is 10.1. The van der Waals surface area contributed by atoms with Crippen LogP contribution in [0.15, 0.2) is 23.2 Å². The van der Waals surface area contributed by atoms with Gasteiger partial charge in [0.2, 0.25) is 0 Å². The van der Waals surface area contributed by atoms with Crippen molar-refractivity contribution in [1.29, 1.82) is 0 Å². The van der Waals surface area contributed by atoms with Crippen molar-refractivity contribution >= 4 is 5.96 Å². The molecule has 1 fully saturated rings. The number of nitrogens with zero attached hydrogens (tertiary/aromatic N) is 3. The van der Waals surface area contributed by atoms with E-state index in [1.165, 1.54) is 39.1 Å². The van der Waals surface area contributed by atoms with Gasteiger partial charge in [0.25, 0.3) is 0 Å². The van der Waals surface area contributed by atoms with E-state index in [-0.39, 0.29) is 5.82 Å². The molecular weight excluding hydrogens is 329 g/mol. The first-order valence-corrected chi connectivity index (χ1v) is 9.76. The molecule has 1 aromatic carbocycles. The highest BCUT2D eigenvalue weighted by atomic mass is 19.1. The third-order valence-electron chi connectivity index (χ3n) is 4.79. The van der Waals surface area contributed by atoms with Gasteiger partial charge in [-0.3, -0.25) is 0 Å². The summed E-state index contributed by atoms with van der Waals surface area (Å²) >= 11 is 0. The Hall–Kier alpha value is -1.66. The number of hydrogen-bond donors (Lipinski definition) is 2. The average molecular weight is 364 g/mol. The van der Waals surface area contributed by atoms with Crippen LogP contribution in [0.4, 0.5) is 4.39 Å². The topological polar surface area (TPSA) is 42.9 Å². The molecule has 0 aliphatic carbocycles. The molecule has 0 saturated carbocycles. The van der Waals surface area contributed by atoms with Gasteiger partial charge in [-0.15, -0.1) is 0 Å². The number of rotatable bonds is 8. The van der Waals surface area contributed by atoms with Gasteiger partial charge in [-0.25, -0.2) is 9.38 Å². The van der Waals surface area contributed by atoms with Crippen molar-refractivity contribution in [2.24, 2.45) is 4.99 Å². The van der Waals surface area contributed by atoms with E-state index in [1.54, 1.807) is 19.1 Å². The van der Waals surface area contributed by atoms with Gasteiger partial charge < -0.3 is 20.4 Å². The van der Waals surface area contributed by atoms with Crippen molar-refractivity contribution in [2.45, 2.75) is 33.2 Å². The molecule has 26 heavy (non-hydrogen) atoms. The summed E-state index contributed by atoms with van der Waals surface area (Å²) in [6, 6.07) is 5.30. The standard InChI is InChI=1S/C20H34FN5/c1-4-22-20(24-16-18-8-7-17(2)19(21)15-18)23-9-5-6-10-26-13-11-25(3)12-14-26/h7-8,15H,4-6,9-14,16H2,1-3H3,(H2,22,23,24). The molecule has 5 nitrogen and oxygen atoms in total. The second-order valence-corrected chi connectivity index (χ2v) is 7.06. The zero-order valence-electron chi connectivity index (χ0n) is 16.5. The summed E-state index contributed by atoms with van der Waals surface area (Å²) in [6.45, 7) is 11.9. The van der Waals surface area contributed by atoms with Crippen LogP contribution in [0, 0.1) is 12.7 Å². The first-order valence-electron chi connectivity index (χ1n) is 9.76. The molecule has 0 amide bonds. The number of piperazine rings is 1. The summed E-state index contributed by atoms with van der Waals surface area (Å²) in [7, 11) is 2.19. The maximum absolute atomic E-state index is 13.6. The lowest BCUT2D eigenvalue weighted by Crippen LogP contribution is -2.44. The minimum atomic E-state index is -0.167. The molecule has 0 unspecified atom stereocenters. The Morgan fingerprint density at radius 2 is 1.92 bits per heavy atom. The van der Waals surface area contributed by atoms with Crippen LogP contribution in [0.5, 0.6) is 0 Å². The number of unbranched alkanes of at least 4 members (excludes halogenated alkanes) is 1. The minimum absolute atomic E-state index is 0.167. The van der Waals surface area contributed by atoms with E-state index in [2.05, 4.69) is 39.4 Å². The highest BCUT2D eigenvalue weighted by molar-refractivity contribution is 5.79. The zero-order valence-corrected chi connectivity index (χ0v) is 16.5. The molecule has 146 valence electrons. The number of nitrogens with one attached hydrogen (secondary N) is 2. The van der Waals surface area contributed by atoms with Gasteiger partial charge in [0, 0.05) is 39.3 Å². The van der Waals surface area contributed by atoms with Crippen LogP contribution in [0.3, 0.4) is 0 Å². The largest absolute Gasteiger partial charge is 0.357 e. The second-order valence-electron chi connectivity index (χ2n) is 7.06. The van der Waals surface area contributed by atoms with Crippen molar-refractivity contribution < 1.29 is 4.39 Å². The van der Waals surface area contributed by atoms with E-state index >= 15 is 0 Å². The van der Waals surface area contributed by atoms with Gasteiger partial charge in [-0.05, 0) is 57.5 Å². The molecule has 0 bridgehead atoms. The Balaban J connectivity index is 1.69. The maximum Gasteiger partial charge on any atom is 0.191 e. The molecule has 1 heterocycles. The average Bonchev–Trinajstić information content (AvgIpc) is 2.63. The second kappa shape index (κ2) is 11.1. The molecule has 0 atom stereocenters. The molecule has 6 heteroatoms. The summed E-state index contributed by atoms with van der Waals surface area (Å²) in [5.41, 5.74) is 1.56. The van der Waals surface area contributed by atoms with Crippen LogP contribution in [-0.4, -0.2) is 68.6 Å². The number of halogens is 1. The van der Waals surface area contributed by atoms with Gasteiger partial charge in [0.15, 0.2) is 5.96 Å². The van der Waals surface area contributed by atoms with Crippen LogP contribution in [0.2, 0.25) is 0 Å². The van der Waals surface area contributed by atoms with Crippen molar-refractivity contribution in [2.75, 3.05) is 52.9 Å². The quantitative estimate of drug-likeness (QED) is 0.422. The van der Waals surface area contributed by atoms with Crippen LogP contribution in [0.25, 0.3) is 0 Å². The van der Waals surface area contributed by atoms with E-state index in [4.69, 9.17) is 0 Å². The Morgan fingerprint density at radius 3 is 2.62 bits per heavy atom. The molecule has 1 aliphatic rings. The molecule has 2 rings (SSSR count). The monoisotopic (exact) mass is 363 g/mol. The Kier molecular flexibility index (Phi) is 8.85. The third kappa shape index (κ3) is 7.30. The van der Waals surface area contributed by atoms with E-state index in [9.17, 15) is 4.39 Å². The predicted molar refractivity (Wildman–Crippen MR) is 107 cm³/mol. The molecule has 2 N–H and O–H groups in total. The fourth-order valence-corrected chi connectivity index (χ4v) is 2.99. The molecule has 1 aromatic rings. The van der Waals surface area contributed by atoms with Crippen molar-refractivity contribution in [3.8, 4) is 0 Å². The fourth-order valence-electron chi connectivity index (χ4n) is 2.99. The smallest absolute Gasteiger partial charge is 0.191 e. The van der Waals surface area contributed by atoms with Crippen LogP contribution >= 0.6 is 0 Å². The number of aliphatic imine (C=N–C) groups is 1. The molecule has 0 spiro atoms. The maximum atomic E-state index is 13.6. The van der Waals surface area contributed by atoms with Crippen molar-refractivity contribution in [3.05, 3.63) is 35.1 Å². The highest BCUT2D eigenvalue weighted by Crippen LogP contribution is 2.10. The lowest BCUT2D eigenvalue weighted by molar-refractivity contribution is 0.152. The van der Waals surface area contributed by atoms with E-state index in [1.807, 2.05) is 6.07 Å². The summed E-state index contributed by atoms with van der Waals surface area (Å²) in [6.07, 6.45) is 2.31. The van der Waals surface area contributed by atoms with Gasteiger partial charge in [0.1, 0.15) is 5.82 Å². The van der Waals surface area contributed by atoms with E-state index in [0.29, 0.717) is 12.1 Å². The van der Waals surface area contributed by atoms with E-state index in [0.717, 1.165) is 31.0 Å². The van der Waals surface area contributed by atoms with Crippen molar-refractivity contribution in [1.82, 2.24) is 20.4 Å². The molecule has 1 aliphatic heterocycles.